The van der Waals surface area contributed by atoms with Gasteiger partial charge in [-0.05, 0) is 0 Å². The Bertz CT molecular complexity index is 42.2. The molecule has 1 N–H and O–H groups in total. The number of rotatable bonds is 0. The molecule has 0 unspecified atom stereocenters. The molecule has 0 aromatic heterocycles. The van der Waals surface area contributed by atoms with Crippen LogP contribution in [-0.2, 0) is 4.89 Å². The average molecular weight is 141 g/mol. The van der Waals surface area contributed by atoms with Gasteiger partial charge in [-0.25, -0.2) is 4.79 Å². The Kier molecular flexibility index (Phi) is 2.13. The molecule has 0 fully saturated rings. The molecule has 4 heteroatoms. The molecule has 0 aliphatic carbocycles. The van der Waals surface area contributed by atoms with Crippen molar-refractivity contribution in [3.8, 4) is 0 Å². The summed E-state index contributed by atoms with van der Waals surface area (Å²) in [6.45, 7) is 0. The van der Waals surface area contributed by atoms with Crippen LogP contribution in [0.5, 0.6) is 0 Å². The highest BCUT2D eigenvalue weighted by Gasteiger charge is 1.83. The Morgan fingerprint density at radius 3 is 2.20 bits per heavy atom. The van der Waals surface area contributed by atoms with Crippen molar-refractivity contribution in [1.82, 2.24) is 0 Å². The predicted molar refractivity (Wildman–Crippen MR) is 18.0 cm³/mol. The fraction of sp³-hybridized carbons (Fsp3) is 0. The van der Waals surface area contributed by atoms with Gasteiger partial charge in [0.2, 0.25) is 0 Å². The molecule has 0 aromatic rings. The number of carbonyl (C=O) groups excluding carboxylic acids is 1. The number of halogens is 1. The fourth-order valence-corrected chi connectivity index (χ4v) is 0. The molecule has 0 bridgehead atoms. The molecule has 0 aliphatic rings. The van der Waals surface area contributed by atoms with E-state index in [0.717, 1.165) is 0 Å². The SMILES string of the molecule is O=C(Br)OO. The molecule has 0 aliphatic heterocycles. The average Bonchev–Trinajstić information content (AvgIpc) is 1.38. The summed E-state index contributed by atoms with van der Waals surface area (Å²) in [7, 11) is 0. The molecule has 0 saturated carbocycles. The second-order valence-corrected chi connectivity index (χ2v) is 0.976. The zero-order chi connectivity index (χ0) is 4.28. The van der Waals surface area contributed by atoms with E-state index >= 15 is 0 Å². The van der Waals surface area contributed by atoms with E-state index in [2.05, 4.69) is 20.8 Å². The maximum absolute atomic E-state index is 9.26. The van der Waals surface area contributed by atoms with Crippen LogP contribution in [0.4, 0.5) is 4.79 Å². The van der Waals surface area contributed by atoms with E-state index in [0.29, 0.717) is 0 Å². The molecule has 0 rings (SSSR count). The summed E-state index contributed by atoms with van der Waals surface area (Å²) >= 11 is 2.26. The Hall–Kier alpha value is -0.0900. The lowest BCUT2D eigenvalue weighted by Crippen LogP contribution is -1.80. The molecule has 3 nitrogen and oxygen atoms in total. The second-order valence-electron chi connectivity index (χ2n) is 0.329. The van der Waals surface area contributed by atoms with Crippen molar-refractivity contribution in [3.05, 3.63) is 0 Å². The summed E-state index contributed by atoms with van der Waals surface area (Å²) in [6, 6.07) is 0. The van der Waals surface area contributed by atoms with Gasteiger partial charge in [0.05, 0.1) is 0 Å². The van der Waals surface area contributed by atoms with Crippen LogP contribution >= 0.6 is 15.9 Å². The highest BCUT2D eigenvalue weighted by molar-refractivity contribution is 9.18. The zero-order valence-corrected chi connectivity index (χ0v) is 3.73. The summed E-state index contributed by atoms with van der Waals surface area (Å²) in [5.41, 5.74) is 0. The fourth-order valence-electron chi connectivity index (χ4n) is 0. The molecular weight excluding hydrogens is 140 g/mol. The normalized spacial score (nSPS) is 6.80. The highest BCUT2D eigenvalue weighted by Crippen LogP contribution is 1.82. The lowest BCUT2D eigenvalue weighted by atomic mass is 11.6. The van der Waals surface area contributed by atoms with Crippen LogP contribution in [0, 0.1) is 0 Å². The van der Waals surface area contributed by atoms with Crippen LogP contribution in [0.25, 0.3) is 0 Å². The minimum Gasteiger partial charge on any atom is -0.288 e. The zero-order valence-electron chi connectivity index (χ0n) is 2.14. The Labute approximate surface area is 36.6 Å². The van der Waals surface area contributed by atoms with E-state index in [-0.39, 0.29) is 0 Å². The monoisotopic (exact) mass is 140 g/mol. The number of hydrogen-bond acceptors (Lipinski definition) is 3. The van der Waals surface area contributed by atoms with E-state index in [1.54, 1.807) is 0 Å². The Morgan fingerprint density at radius 1 is 2.00 bits per heavy atom. The van der Waals surface area contributed by atoms with Gasteiger partial charge >= 0.3 is 4.88 Å². The van der Waals surface area contributed by atoms with Gasteiger partial charge in [-0.15, -0.1) is 0 Å². The Morgan fingerprint density at radius 2 is 2.20 bits per heavy atom. The second kappa shape index (κ2) is 2.17. The van der Waals surface area contributed by atoms with Crippen LogP contribution in [0.3, 0.4) is 0 Å². The van der Waals surface area contributed by atoms with Gasteiger partial charge < -0.3 is 0 Å². The van der Waals surface area contributed by atoms with Crippen LogP contribution in [-0.4, -0.2) is 10.1 Å². The molecule has 0 radical (unpaired) electrons. The first kappa shape index (κ1) is 4.91. The minimum atomic E-state index is -0.877. The summed E-state index contributed by atoms with van der Waals surface area (Å²) in [5.74, 6) is 0. The van der Waals surface area contributed by atoms with Crippen molar-refractivity contribution in [3.63, 3.8) is 0 Å². The van der Waals surface area contributed by atoms with Gasteiger partial charge in [0.25, 0.3) is 0 Å². The van der Waals surface area contributed by atoms with E-state index in [9.17, 15) is 4.79 Å². The standard InChI is InChI=1S/CHBrO3/c2-1(3)5-4/h4H. The van der Waals surface area contributed by atoms with E-state index in [4.69, 9.17) is 5.26 Å². The summed E-state index contributed by atoms with van der Waals surface area (Å²) < 4.78 is 0. The predicted octanol–water partition coefficient (Wildman–Crippen LogP) is 0.991. The first-order valence-electron chi connectivity index (χ1n) is 0.780. The smallest absolute Gasteiger partial charge is 0.288 e. The van der Waals surface area contributed by atoms with Gasteiger partial charge in [-0.2, -0.15) is 5.26 Å². The Balaban J connectivity index is 2.85. The van der Waals surface area contributed by atoms with Gasteiger partial charge in [0.15, 0.2) is 0 Å². The van der Waals surface area contributed by atoms with Gasteiger partial charge in [-0.3, -0.25) is 4.89 Å². The van der Waals surface area contributed by atoms with Gasteiger partial charge in [0, 0.05) is 15.9 Å². The van der Waals surface area contributed by atoms with Crippen LogP contribution in [0.1, 0.15) is 0 Å². The van der Waals surface area contributed by atoms with Crippen LogP contribution in [0.2, 0.25) is 0 Å². The van der Waals surface area contributed by atoms with Crippen LogP contribution in [0.15, 0.2) is 0 Å². The lowest BCUT2D eigenvalue weighted by Gasteiger charge is -1.74. The van der Waals surface area contributed by atoms with E-state index < -0.39 is 4.88 Å². The van der Waals surface area contributed by atoms with Crippen molar-refractivity contribution in [2.24, 2.45) is 0 Å². The third-order valence-corrected chi connectivity index (χ3v) is 0.217. The molecular formula is CHBrO3. The first-order valence-corrected chi connectivity index (χ1v) is 1.57. The maximum atomic E-state index is 9.26. The van der Waals surface area contributed by atoms with Crippen molar-refractivity contribution >= 4 is 20.8 Å². The van der Waals surface area contributed by atoms with Gasteiger partial charge in [-0.1, -0.05) is 0 Å². The quantitative estimate of drug-likeness (QED) is 0.310. The van der Waals surface area contributed by atoms with E-state index in [1.807, 2.05) is 0 Å². The third kappa shape index (κ3) is 3.91. The molecule has 0 atom stereocenters. The largest absolute Gasteiger partial charge is 0.407 e. The van der Waals surface area contributed by atoms with Crippen LogP contribution < -0.4 is 0 Å². The van der Waals surface area contributed by atoms with Crippen molar-refractivity contribution in [1.29, 1.82) is 0 Å². The third-order valence-electron chi connectivity index (χ3n) is 0.0718. The summed E-state index contributed by atoms with van der Waals surface area (Å²) in [4.78, 5) is 11.4. The molecule has 0 amide bonds. The topological polar surface area (TPSA) is 46.5 Å². The number of carbonyl (C=O) groups is 1. The summed E-state index contributed by atoms with van der Waals surface area (Å²) in [6.07, 6.45) is 0. The summed E-state index contributed by atoms with van der Waals surface area (Å²) in [5, 5.41) is 7.25. The van der Waals surface area contributed by atoms with Crippen molar-refractivity contribution in [2.75, 3.05) is 0 Å². The molecule has 0 saturated heterocycles. The molecule has 0 aromatic carbocycles. The van der Waals surface area contributed by atoms with Gasteiger partial charge in [0.1, 0.15) is 0 Å². The molecule has 30 valence electrons. The molecule has 5 heavy (non-hydrogen) atoms. The maximum Gasteiger partial charge on any atom is 0.407 e. The van der Waals surface area contributed by atoms with E-state index in [1.165, 1.54) is 0 Å². The van der Waals surface area contributed by atoms with Crippen molar-refractivity contribution in [2.45, 2.75) is 0 Å². The first-order chi connectivity index (χ1) is 2.27. The van der Waals surface area contributed by atoms with Crippen molar-refractivity contribution < 1.29 is 14.9 Å². The molecule has 0 spiro atoms. The minimum absolute atomic E-state index is 0.877. The number of hydrogen-bond donors (Lipinski definition) is 1. The molecule has 0 heterocycles. The lowest BCUT2D eigenvalue weighted by molar-refractivity contribution is -0.166. The highest BCUT2D eigenvalue weighted by atomic mass is 79.9.